The van der Waals surface area contributed by atoms with Gasteiger partial charge in [-0.05, 0) is 31.0 Å². The van der Waals surface area contributed by atoms with Crippen LogP contribution in [0, 0.1) is 0 Å². The maximum absolute atomic E-state index is 12.7. The number of thioether (sulfide) groups is 1. The third-order valence-electron chi connectivity index (χ3n) is 5.90. The van der Waals surface area contributed by atoms with E-state index in [9.17, 15) is 9.59 Å². The monoisotopic (exact) mass is 491 g/mol. The van der Waals surface area contributed by atoms with Crippen molar-refractivity contribution in [1.82, 2.24) is 19.7 Å². The minimum atomic E-state index is -0.506. The highest BCUT2D eigenvalue weighted by Gasteiger charge is 2.24. The van der Waals surface area contributed by atoms with Crippen LogP contribution in [0.3, 0.4) is 0 Å². The molecule has 180 valence electrons. The van der Waals surface area contributed by atoms with E-state index >= 15 is 0 Å². The molecule has 1 aliphatic rings. The van der Waals surface area contributed by atoms with Gasteiger partial charge in [0.05, 0.1) is 36.8 Å². The SMILES string of the molecule is COC(=O)c1ccccc1NC(=O)CSc1nnc(-c2c[nH]c3ccccc23)n1CC1CCCO1. The number of benzene rings is 2. The second-order valence-electron chi connectivity index (χ2n) is 8.17. The van der Waals surface area contributed by atoms with E-state index < -0.39 is 5.97 Å². The van der Waals surface area contributed by atoms with Crippen LogP contribution >= 0.6 is 11.8 Å². The smallest absolute Gasteiger partial charge is 0.339 e. The van der Waals surface area contributed by atoms with Gasteiger partial charge in [-0.25, -0.2) is 4.79 Å². The van der Waals surface area contributed by atoms with Crippen LogP contribution in [0.5, 0.6) is 0 Å². The molecule has 5 rings (SSSR count). The highest BCUT2D eigenvalue weighted by Crippen LogP contribution is 2.31. The summed E-state index contributed by atoms with van der Waals surface area (Å²) in [5, 5.41) is 13.4. The van der Waals surface area contributed by atoms with E-state index in [0.717, 1.165) is 41.7 Å². The summed E-state index contributed by atoms with van der Waals surface area (Å²) in [6.07, 6.45) is 4.01. The molecular formula is C25H25N5O4S. The summed E-state index contributed by atoms with van der Waals surface area (Å²) >= 11 is 1.30. The average molecular weight is 492 g/mol. The number of rotatable bonds is 8. The highest BCUT2D eigenvalue weighted by molar-refractivity contribution is 7.99. The van der Waals surface area contributed by atoms with Crippen LogP contribution in [0.15, 0.2) is 59.9 Å². The lowest BCUT2D eigenvalue weighted by Crippen LogP contribution is -2.19. The zero-order valence-electron chi connectivity index (χ0n) is 19.2. The zero-order chi connectivity index (χ0) is 24.2. The van der Waals surface area contributed by atoms with E-state index in [1.807, 2.05) is 35.0 Å². The van der Waals surface area contributed by atoms with Crippen molar-refractivity contribution in [2.45, 2.75) is 30.6 Å². The maximum Gasteiger partial charge on any atom is 0.339 e. The number of H-pyrrole nitrogens is 1. The Morgan fingerprint density at radius 3 is 2.86 bits per heavy atom. The Bertz CT molecular complexity index is 1360. The first-order chi connectivity index (χ1) is 17.1. The minimum absolute atomic E-state index is 0.0788. The molecular weight excluding hydrogens is 466 g/mol. The Morgan fingerprint density at radius 2 is 2.03 bits per heavy atom. The molecule has 1 saturated heterocycles. The van der Waals surface area contributed by atoms with Crippen molar-refractivity contribution in [3.05, 3.63) is 60.3 Å². The van der Waals surface area contributed by atoms with Gasteiger partial charge in [0.15, 0.2) is 11.0 Å². The Balaban J connectivity index is 1.37. The normalized spacial score (nSPS) is 15.4. The molecule has 1 amide bonds. The first-order valence-corrected chi connectivity index (χ1v) is 12.3. The third kappa shape index (κ3) is 4.94. The quantitative estimate of drug-likeness (QED) is 0.282. The van der Waals surface area contributed by atoms with Crippen LogP contribution in [-0.2, 0) is 20.8 Å². The van der Waals surface area contributed by atoms with Gasteiger partial charge in [0.2, 0.25) is 5.91 Å². The van der Waals surface area contributed by atoms with E-state index in [2.05, 4.69) is 20.5 Å². The fraction of sp³-hybridized carbons (Fsp3) is 0.280. The first kappa shape index (κ1) is 23.1. The van der Waals surface area contributed by atoms with Crippen LogP contribution < -0.4 is 5.32 Å². The number of para-hydroxylation sites is 2. The number of methoxy groups -OCH3 is 1. The van der Waals surface area contributed by atoms with Crippen LogP contribution in [0.1, 0.15) is 23.2 Å². The summed E-state index contributed by atoms with van der Waals surface area (Å²) in [5.41, 5.74) is 2.68. The number of ether oxygens (including phenoxy) is 2. The molecule has 2 aromatic carbocycles. The van der Waals surface area contributed by atoms with Crippen molar-refractivity contribution in [1.29, 1.82) is 0 Å². The second kappa shape index (κ2) is 10.3. The van der Waals surface area contributed by atoms with Gasteiger partial charge in [0, 0.05) is 29.3 Å². The topological polar surface area (TPSA) is 111 Å². The zero-order valence-corrected chi connectivity index (χ0v) is 20.0. The number of carbonyl (C=O) groups is 2. The number of aromatic amines is 1. The molecule has 35 heavy (non-hydrogen) atoms. The van der Waals surface area contributed by atoms with Crippen LogP contribution in [0.2, 0.25) is 0 Å². The lowest BCUT2D eigenvalue weighted by Gasteiger charge is -2.14. The number of esters is 1. The molecule has 1 aliphatic heterocycles. The molecule has 0 radical (unpaired) electrons. The van der Waals surface area contributed by atoms with Gasteiger partial charge < -0.3 is 19.8 Å². The molecule has 0 bridgehead atoms. The number of aromatic nitrogens is 4. The number of nitrogens with zero attached hydrogens (tertiary/aromatic N) is 3. The predicted molar refractivity (Wildman–Crippen MR) is 133 cm³/mol. The van der Waals surface area contributed by atoms with Gasteiger partial charge in [-0.2, -0.15) is 0 Å². The molecule has 9 nitrogen and oxygen atoms in total. The van der Waals surface area contributed by atoms with Gasteiger partial charge in [-0.15, -0.1) is 10.2 Å². The Labute approximate surface area is 206 Å². The summed E-state index contributed by atoms with van der Waals surface area (Å²) in [5.74, 6) is 0.0735. The average Bonchev–Trinajstić information content (AvgIpc) is 3.63. The summed E-state index contributed by atoms with van der Waals surface area (Å²) in [6, 6.07) is 14.8. The van der Waals surface area contributed by atoms with Crippen LogP contribution in [-0.4, -0.2) is 57.2 Å². The Kier molecular flexibility index (Phi) is 6.82. The number of amides is 1. The molecule has 1 unspecified atom stereocenters. The second-order valence-corrected chi connectivity index (χ2v) is 9.12. The molecule has 0 saturated carbocycles. The number of fused-ring (bicyclic) bond motifs is 1. The molecule has 2 N–H and O–H groups in total. The number of hydrogen-bond donors (Lipinski definition) is 2. The van der Waals surface area contributed by atoms with Gasteiger partial charge in [0.25, 0.3) is 0 Å². The highest BCUT2D eigenvalue weighted by atomic mass is 32.2. The van der Waals surface area contributed by atoms with E-state index in [-0.39, 0.29) is 17.8 Å². The molecule has 0 aliphatic carbocycles. The predicted octanol–water partition coefficient (Wildman–Crippen LogP) is 4.12. The lowest BCUT2D eigenvalue weighted by atomic mass is 10.1. The maximum atomic E-state index is 12.7. The third-order valence-corrected chi connectivity index (χ3v) is 6.86. The van der Waals surface area contributed by atoms with Crippen molar-refractivity contribution >= 4 is 40.2 Å². The molecule has 2 aromatic heterocycles. The summed E-state index contributed by atoms with van der Waals surface area (Å²) < 4.78 is 12.7. The van der Waals surface area contributed by atoms with Crippen molar-refractivity contribution in [3.8, 4) is 11.4 Å². The van der Waals surface area contributed by atoms with E-state index in [1.165, 1.54) is 18.9 Å². The number of nitrogens with one attached hydrogen (secondary N) is 2. The number of anilines is 1. The minimum Gasteiger partial charge on any atom is -0.465 e. The van der Waals surface area contributed by atoms with Crippen molar-refractivity contribution < 1.29 is 19.1 Å². The van der Waals surface area contributed by atoms with E-state index in [1.54, 1.807) is 24.3 Å². The van der Waals surface area contributed by atoms with Gasteiger partial charge in [-0.1, -0.05) is 42.1 Å². The fourth-order valence-electron chi connectivity index (χ4n) is 4.20. The molecule has 1 atom stereocenters. The van der Waals surface area contributed by atoms with Crippen LogP contribution in [0.4, 0.5) is 5.69 Å². The van der Waals surface area contributed by atoms with Crippen LogP contribution in [0.25, 0.3) is 22.3 Å². The lowest BCUT2D eigenvalue weighted by molar-refractivity contribution is -0.113. The van der Waals surface area contributed by atoms with Gasteiger partial charge in [-0.3, -0.25) is 9.36 Å². The number of carbonyl (C=O) groups excluding carboxylic acids is 2. The first-order valence-electron chi connectivity index (χ1n) is 11.4. The van der Waals surface area contributed by atoms with Gasteiger partial charge in [0.1, 0.15) is 0 Å². The fourth-order valence-corrected chi connectivity index (χ4v) is 4.95. The molecule has 10 heteroatoms. The standard InChI is InChI=1S/C25H25N5O4S/c1-33-24(32)18-9-3-5-11-21(18)27-22(31)15-35-25-29-28-23(30(25)14-16-7-6-12-34-16)19-13-26-20-10-4-2-8-17(19)20/h2-5,8-11,13,16,26H,6-7,12,14-15H2,1H3,(H,27,31). The molecule has 0 spiro atoms. The van der Waals surface area contributed by atoms with Crippen molar-refractivity contribution in [2.75, 3.05) is 24.8 Å². The summed E-state index contributed by atoms with van der Waals surface area (Å²) in [6.45, 7) is 1.36. The largest absolute Gasteiger partial charge is 0.465 e. The Hall–Kier alpha value is -3.63. The molecule has 4 aromatic rings. The number of hydrogen-bond acceptors (Lipinski definition) is 7. The van der Waals surface area contributed by atoms with Gasteiger partial charge >= 0.3 is 5.97 Å². The summed E-state index contributed by atoms with van der Waals surface area (Å²) in [7, 11) is 1.31. The summed E-state index contributed by atoms with van der Waals surface area (Å²) in [4.78, 5) is 28.0. The van der Waals surface area contributed by atoms with Crippen molar-refractivity contribution in [3.63, 3.8) is 0 Å². The Morgan fingerprint density at radius 1 is 1.20 bits per heavy atom. The van der Waals surface area contributed by atoms with E-state index in [4.69, 9.17) is 9.47 Å². The molecule has 1 fully saturated rings. The van der Waals surface area contributed by atoms with E-state index in [0.29, 0.717) is 23.0 Å². The van der Waals surface area contributed by atoms with Crippen molar-refractivity contribution in [2.24, 2.45) is 0 Å². The molecule has 3 heterocycles.